The first kappa shape index (κ1) is 32.7. The Labute approximate surface area is 332 Å². The zero-order chi connectivity index (χ0) is 37.0. The topological polar surface area (TPSA) is 25.8 Å². The van der Waals surface area contributed by atoms with Crippen molar-refractivity contribution >= 4 is 63.0 Å². The van der Waals surface area contributed by atoms with Crippen LogP contribution < -0.4 is 0 Å². The summed E-state index contributed by atoms with van der Waals surface area (Å²) in [6.07, 6.45) is 0. The molecule has 8 aromatic carbocycles. The van der Waals surface area contributed by atoms with Crippen LogP contribution in [0.2, 0.25) is 0 Å². The van der Waals surface area contributed by atoms with E-state index in [1.165, 1.54) is 62.6 Å². The van der Waals surface area contributed by atoms with Crippen molar-refractivity contribution < 1.29 is 0 Å². The Balaban J connectivity index is 1.07. The molecule has 3 heterocycles. The van der Waals surface area contributed by atoms with Crippen LogP contribution >= 0.6 is 22.7 Å². The van der Waals surface area contributed by atoms with Crippen LogP contribution in [0.5, 0.6) is 0 Å². The predicted octanol–water partition coefficient (Wildman–Crippen LogP) is 15.2. The first-order valence-corrected chi connectivity index (χ1v) is 20.4. The van der Waals surface area contributed by atoms with Crippen LogP contribution in [0.4, 0.5) is 0 Å². The van der Waals surface area contributed by atoms with Crippen LogP contribution in [0.3, 0.4) is 0 Å². The van der Waals surface area contributed by atoms with Gasteiger partial charge in [0.15, 0.2) is 5.82 Å². The summed E-state index contributed by atoms with van der Waals surface area (Å²) >= 11 is 3.70. The van der Waals surface area contributed by atoms with E-state index in [1.54, 1.807) is 0 Å². The summed E-state index contributed by atoms with van der Waals surface area (Å²) in [5.41, 5.74) is 12.0. The van der Waals surface area contributed by atoms with Crippen molar-refractivity contribution in [3.63, 3.8) is 0 Å². The van der Waals surface area contributed by atoms with Gasteiger partial charge in [0.25, 0.3) is 0 Å². The molecular weight excluding hydrogens is 717 g/mol. The van der Waals surface area contributed by atoms with Crippen LogP contribution in [-0.4, -0.2) is 9.97 Å². The molecule has 56 heavy (non-hydrogen) atoms. The minimum Gasteiger partial charge on any atom is -0.228 e. The fourth-order valence-corrected chi connectivity index (χ4v) is 10.4. The summed E-state index contributed by atoms with van der Waals surface area (Å²) in [7, 11) is 0. The van der Waals surface area contributed by atoms with Gasteiger partial charge >= 0.3 is 0 Å². The van der Waals surface area contributed by atoms with Crippen LogP contribution in [0.15, 0.2) is 194 Å². The third-order valence-electron chi connectivity index (χ3n) is 10.7. The molecule has 11 rings (SSSR count). The zero-order valence-corrected chi connectivity index (χ0v) is 31.8. The lowest BCUT2D eigenvalue weighted by atomic mass is 9.95. The number of benzene rings is 8. The third-order valence-corrected chi connectivity index (χ3v) is 13.0. The van der Waals surface area contributed by atoms with Gasteiger partial charge in [-0.3, -0.25) is 0 Å². The first-order valence-electron chi connectivity index (χ1n) is 18.8. The summed E-state index contributed by atoms with van der Waals surface area (Å²) in [4.78, 5) is 10.6. The Morgan fingerprint density at radius 1 is 0.286 bits per heavy atom. The highest BCUT2D eigenvalue weighted by Gasteiger charge is 2.17. The van der Waals surface area contributed by atoms with Gasteiger partial charge in [0.1, 0.15) is 0 Å². The van der Waals surface area contributed by atoms with Gasteiger partial charge in [-0.05, 0) is 69.8 Å². The molecule has 0 atom stereocenters. The highest BCUT2D eigenvalue weighted by Crippen LogP contribution is 2.43. The molecule has 0 unspecified atom stereocenters. The van der Waals surface area contributed by atoms with Crippen molar-refractivity contribution in [2.45, 2.75) is 0 Å². The molecule has 0 radical (unpaired) electrons. The van der Waals surface area contributed by atoms with E-state index in [-0.39, 0.29) is 0 Å². The molecule has 0 saturated carbocycles. The van der Waals surface area contributed by atoms with Crippen molar-refractivity contribution in [3.8, 4) is 67.3 Å². The Morgan fingerprint density at radius 2 is 0.750 bits per heavy atom. The van der Waals surface area contributed by atoms with Crippen LogP contribution in [-0.2, 0) is 0 Å². The SMILES string of the molecule is c1ccc(-c2ccccc2-c2cc(-c3cccc(-c4cccc5sc6ccccc6c45)c3)nc(-c3ccc(-c4cccc5sc6ccccc6c45)cc3)n2)cc1. The summed E-state index contributed by atoms with van der Waals surface area (Å²) in [5, 5.41) is 5.21. The minimum atomic E-state index is 0.697. The highest BCUT2D eigenvalue weighted by molar-refractivity contribution is 7.26. The van der Waals surface area contributed by atoms with Gasteiger partial charge in [-0.2, -0.15) is 0 Å². The largest absolute Gasteiger partial charge is 0.228 e. The average molecular weight is 749 g/mol. The Hall–Kier alpha value is -6.72. The zero-order valence-electron chi connectivity index (χ0n) is 30.2. The van der Waals surface area contributed by atoms with E-state index < -0.39 is 0 Å². The molecule has 11 aromatic rings. The number of thiophene rings is 2. The van der Waals surface area contributed by atoms with E-state index in [1.807, 2.05) is 22.7 Å². The lowest BCUT2D eigenvalue weighted by molar-refractivity contribution is 1.18. The molecule has 4 heteroatoms. The summed E-state index contributed by atoms with van der Waals surface area (Å²) < 4.78 is 5.21. The maximum Gasteiger partial charge on any atom is 0.160 e. The van der Waals surface area contributed by atoms with Crippen molar-refractivity contribution in [1.82, 2.24) is 9.97 Å². The van der Waals surface area contributed by atoms with E-state index in [0.29, 0.717) is 5.82 Å². The second-order valence-electron chi connectivity index (χ2n) is 14.1. The van der Waals surface area contributed by atoms with Crippen molar-refractivity contribution in [2.75, 3.05) is 0 Å². The standard InChI is InChI=1S/C52H32N2S2/c1-2-13-33(14-3-1)38-17-4-5-18-41(38)45-32-44(37-16-10-15-36(31-37)40-22-12-26-49-51(40)43-20-7-9-24-47(43)56-49)53-52(54-45)35-29-27-34(28-30-35)39-21-11-25-48-50(39)42-19-6-8-23-46(42)55-48/h1-32H. The van der Waals surface area contributed by atoms with Gasteiger partial charge in [-0.25, -0.2) is 9.97 Å². The normalized spacial score (nSPS) is 11.6. The number of fused-ring (bicyclic) bond motifs is 6. The van der Waals surface area contributed by atoms with Gasteiger partial charge in [0.05, 0.1) is 11.4 Å². The molecule has 0 aliphatic rings. The molecule has 0 N–H and O–H groups in total. The van der Waals surface area contributed by atoms with Gasteiger partial charge < -0.3 is 0 Å². The number of nitrogens with zero attached hydrogens (tertiary/aromatic N) is 2. The van der Waals surface area contributed by atoms with Crippen LogP contribution in [0, 0.1) is 0 Å². The maximum atomic E-state index is 5.32. The quantitative estimate of drug-likeness (QED) is 0.169. The maximum absolute atomic E-state index is 5.32. The lowest BCUT2D eigenvalue weighted by Gasteiger charge is -2.14. The molecule has 2 nitrogen and oxygen atoms in total. The summed E-state index contributed by atoms with van der Waals surface area (Å²) in [5.74, 6) is 0.697. The fraction of sp³-hybridized carbons (Fsp3) is 0. The highest BCUT2D eigenvalue weighted by atomic mass is 32.1. The number of aromatic nitrogens is 2. The molecule has 0 fully saturated rings. The van der Waals surface area contributed by atoms with E-state index in [4.69, 9.17) is 9.97 Å². The van der Waals surface area contributed by atoms with Gasteiger partial charge in [-0.15, -0.1) is 22.7 Å². The van der Waals surface area contributed by atoms with E-state index in [2.05, 4.69) is 194 Å². The van der Waals surface area contributed by atoms with E-state index >= 15 is 0 Å². The molecule has 0 spiro atoms. The molecular formula is C52H32N2S2. The van der Waals surface area contributed by atoms with Crippen molar-refractivity contribution in [3.05, 3.63) is 194 Å². The number of hydrogen-bond acceptors (Lipinski definition) is 4. The van der Waals surface area contributed by atoms with Crippen LogP contribution in [0.25, 0.3) is 108 Å². The van der Waals surface area contributed by atoms with Crippen LogP contribution in [0.1, 0.15) is 0 Å². The minimum absolute atomic E-state index is 0.697. The Morgan fingerprint density at radius 3 is 1.45 bits per heavy atom. The number of rotatable bonds is 6. The van der Waals surface area contributed by atoms with E-state index in [9.17, 15) is 0 Å². The second-order valence-corrected chi connectivity index (χ2v) is 16.3. The van der Waals surface area contributed by atoms with E-state index in [0.717, 1.165) is 39.2 Å². The Bertz CT molecular complexity index is 3250. The third kappa shape index (κ3) is 5.62. The van der Waals surface area contributed by atoms with Gasteiger partial charge in [0, 0.05) is 57.0 Å². The van der Waals surface area contributed by atoms with Crippen molar-refractivity contribution in [1.29, 1.82) is 0 Å². The summed E-state index contributed by atoms with van der Waals surface area (Å²) in [6.45, 7) is 0. The molecule has 262 valence electrons. The number of hydrogen-bond donors (Lipinski definition) is 0. The average Bonchev–Trinajstić information content (AvgIpc) is 3.85. The second kappa shape index (κ2) is 13.5. The Kier molecular flexibility index (Phi) is 7.90. The van der Waals surface area contributed by atoms with Crippen molar-refractivity contribution in [2.24, 2.45) is 0 Å². The molecule has 0 saturated heterocycles. The molecule has 0 aliphatic heterocycles. The monoisotopic (exact) mass is 748 g/mol. The van der Waals surface area contributed by atoms with Gasteiger partial charge in [0.2, 0.25) is 0 Å². The smallest absolute Gasteiger partial charge is 0.160 e. The predicted molar refractivity (Wildman–Crippen MR) is 240 cm³/mol. The molecule has 0 amide bonds. The molecule has 0 aliphatic carbocycles. The van der Waals surface area contributed by atoms with Gasteiger partial charge in [-0.1, -0.05) is 158 Å². The molecule has 3 aromatic heterocycles. The fourth-order valence-electron chi connectivity index (χ4n) is 8.11. The summed E-state index contributed by atoms with van der Waals surface area (Å²) in [6, 6.07) is 69.6. The lowest BCUT2D eigenvalue weighted by Crippen LogP contribution is -1.97. The first-order chi connectivity index (χ1) is 27.7. The molecule has 0 bridgehead atoms.